The Hall–Kier alpha value is -1.40. The molecular weight excluding hydrogens is 312 g/mol. The van der Waals surface area contributed by atoms with E-state index in [2.05, 4.69) is 0 Å². The molecule has 1 saturated heterocycles. The lowest BCUT2D eigenvalue weighted by molar-refractivity contribution is -0.132. The number of carbonyl (C=O) groups is 1. The Balaban J connectivity index is 1.76. The van der Waals surface area contributed by atoms with Crippen molar-refractivity contribution in [2.75, 3.05) is 26.2 Å². The molecule has 0 aromatic heterocycles. The molecule has 0 atom stereocenters. The van der Waals surface area contributed by atoms with E-state index >= 15 is 0 Å². The molecule has 3 rings (SSSR count). The molecule has 1 saturated carbocycles. The van der Waals surface area contributed by atoms with E-state index in [9.17, 15) is 13.2 Å². The van der Waals surface area contributed by atoms with Gasteiger partial charge in [0.25, 0.3) is 0 Å². The van der Waals surface area contributed by atoms with E-state index in [1.54, 1.807) is 6.07 Å². The van der Waals surface area contributed by atoms with Crippen LogP contribution in [0.5, 0.6) is 0 Å². The van der Waals surface area contributed by atoms with Gasteiger partial charge >= 0.3 is 0 Å². The Bertz CT molecular complexity index is 711. The molecule has 0 radical (unpaired) electrons. The lowest BCUT2D eigenvalue weighted by atomic mass is 10.2. The summed E-state index contributed by atoms with van der Waals surface area (Å²) in [4.78, 5) is 14.4. The van der Waals surface area contributed by atoms with Crippen molar-refractivity contribution in [1.29, 1.82) is 0 Å². The zero-order chi connectivity index (χ0) is 16.6. The van der Waals surface area contributed by atoms with Crippen molar-refractivity contribution < 1.29 is 13.2 Å². The van der Waals surface area contributed by atoms with Gasteiger partial charge in [-0.25, -0.2) is 8.42 Å². The Morgan fingerprint density at radius 1 is 1.09 bits per heavy atom. The summed E-state index contributed by atoms with van der Waals surface area (Å²) >= 11 is 0. The predicted octanol–water partition coefficient (Wildman–Crippen LogP) is 1.94. The highest BCUT2D eigenvalue weighted by molar-refractivity contribution is 7.89. The van der Waals surface area contributed by atoms with Crippen LogP contribution < -0.4 is 0 Å². The van der Waals surface area contributed by atoms with Crippen molar-refractivity contribution in [3.63, 3.8) is 0 Å². The maximum atomic E-state index is 12.9. The second kappa shape index (κ2) is 6.24. The molecular formula is C17H24N2O3S. The van der Waals surface area contributed by atoms with Crippen molar-refractivity contribution in [1.82, 2.24) is 9.21 Å². The van der Waals surface area contributed by atoms with Crippen LogP contribution >= 0.6 is 0 Å². The Labute approximate surface area is 138 Å². The average molecular weight is 336 g/mol. The molecule has 5 nitrogen and oxygen atoms in total. The largest absolute Gasteiger partial charge is 0.341 e. The van der Waals surface area contributed by atoms with Gasteiger partial charge in [-0.05, 0) is 44.7 Å². The Kier molecular flexibility index (Phi) is 4.47. The number of aryl methyl sites for hydroxylation is 2. The van der Waals surface area contributed by atoms with Crippen molar-refractivity contribution in [2.45, 2.75) is 38.0 Å². The van der Waals surface area contributed by atoms with E-state index < -0.39 is 10.0 Å². The minimum atomic E-state index is -3.49. The van der Waals surface area contributed by atoms with Gasteiger partial charge in [-0.1, -0.05) is 17.7 Å². The molecule has 1 aliphatic heterocycles. The zero-order valence-electron chi connectivity index (χ0n) is 13.8. The maximum absolute atomic E-state index is 12.9. The Morgan fingerprint density at radius 2 is 1.83 bits per heavy atom. The number of rotatable bonds is 3. The standard InChI is InChI=1S/C17H24N2O3S/c1-13-4-7-16(14(2)12-13)23(21,22)19-9-3-8-18(10-11-19)17(20)15-5-6-15/h4,7,12,15H,3,5-6,8-11H2,1-2H3. The number of hydrogen-bond acceptors (Lipinski definition) is 3. The molecule has 126 valence electrons. The van der Waals surface area contributed by atoms with Gasteiger partial charge < -0.3 is 4.90 Å². The SMILES string of the molecule is Cc1ccc(S(=O)(=O)N2CCCN(C(=O)C3CC3)CC2)c(C)c1. The van der Waals surface area contributed by atoms with Crippen LogP contribution in [0.1, 0.15) is 30.4 Å². The number of hydrogen-bond donors (Lipinski definition) is 0. The highest BCUT2D eigenvalue weighted by Gasteiger charge is 2.35. The van der Waals surface area contributed by atoms with E-state index in [1.165, 1.54) is 4.31 Å². The molecule has 0 unspecified atom stereocenters. The topological polar surface area (TPSA) is 57.7 Å². The van der Waals surface area contributed by atoms with E-state index in [4.69, 9.17) is 0 Å². The van der Waals surface area contributed by atoms with Crippen LogP contribution in [0.2, 0.25) is 0 Å². The summed E-state index contributed by atoms with van der Waals surface area (Å²) in [6.07, 6.45) is 2.67. The third kappa shape index (κ3) is 3.43. The first-order chi connectivity index (χ1) is 10.9. The van der Waals surface area contributed by atoms with Crippen molar-refractivity contribution >= 4 is 15.9 Å². The van der Waals surface area contributed by atoms with E-state index in [0.29, 0.717) is 37.5 Å². The average Bonchev–Trinajstić information content (AvgIpc) is 3.32. The van der Waals surface area contributed by atoms with E-state index in [0.717, 1.165) is 24.0 Å². The van der Waals surface area contributed by atoms with Gasteiger partial charge in [-0.3, -0.25) is 4.79 Å². The van der Waals surface area contributed by atoms with Crippen molar-refractivity contribution in [3.05, 3.63) is 29.3 Å². The van der Waals surface area contributed by atoms with Gasteiger partial charge in [0.2, 0.25) is 15.9 Å². The van der Waals surface area contributed by atoms with Crippen LogP contribution in [0.25, 0.3) is 0 Å². The first kappa shape index (κ1) is 16.5. The second-order valence-corrected chi connectivity index (χ2v) is 8.53. The molecule has 1 aromatic rings. The van der Waals surface area contributed by atoms with Gasteiger partial charge in [0, 0.05) is 32.1 Å². The summed E-state index contributed by atoms with van der Waals surface area (Å²) in [5.41, 5.74) is 1.83. The summed E-state index contributed by atoms with van der Waals surface area (Å²) in [5.74, 6) is 0.397. The van der Waals surface area contributed by atoms with E-state index in [1.807, 2.05) is 30.9 Å². The van der Waals surface area contributed by atoms with Crippen LogP contribution in [0.15, 0.2) is 23.1 Å². The van der Waals surface area contributed by atoms with Gasteiger partial charge in [-0.15, -0.1) is 0 Å². The maximum Gasteiger partial charge on any atom is 0.243 e. The summed E-state index contributed by atoms with van der Waals surface area (Å²) < 4.78 is 27.4. The summed E-state index contributed by atoms with van der Waals surface area (Å²) in [5, 5.41) is 0. The number of amides is 1. The first-order valence-electron chi connectivity index (χ1n) is 8.26. The highest BCUT2D eigenvalue weighted by atomic mass is 32.2. The van der Waals surface area contributed by atoms with Gasteiger partial charge in [0.15, 0.2) is 0 Å². The molecule has 2 fully saturated rings. The molecule has 2 aliphatic rings. The third-order valence-electron chi connectivity index (χ3n) is 4.64. The second-order valence-electron chi connectivity index (χ2n) is 6.63. The summed E-state index contributed by atoms with van der Waals surface area (Å²) in [6.45, 7) is 5.81. The quantitative estimate of drug-likeness (QED) is 0.847. The van der Waals surface area contributed by atoms with Crippen LogP contribution in [-0.2, 0) is 14.8 Å². The number of carbonyl (C=O) groups excluding carboxylic acids is 1. The minimum Gasteiger partial charge on any atom is -0.341 e. The van der Waals surface area contributed by atoms with Crippen LogP contribution in [-0.4, -0.2) is 49.7 Å². The van der Waals surface area contributed by atoms with Crippen molar-refractivity contribution in [3.8, 4) is 0 Å². The lowest BCUT2D eigenvalue weighted by Gasteiger charge is -2.22. The van der Waals surface area contributed by atoms with Crippen LogP contribution in [0.4, 0.5) is 0 Å². The number of sulfonamides is 1. The van der Waals surface area contributed by atoms with E-state index in [-0.39, 0.29) is 11.8 Å². The van der Waals surface area contributed by atoms with Crippen LogP contribution in [0.3, 0.4) is 0 Å². The third-order valence-corrected chi connectivity index (χ3v) is 6.70. The molecule has 0 bridgehead atoms. The van der Waals surface area contributed by atoms with Gasteiger partial charge in [0.1, 0.15) is 0 Å². The fraction of sp³-hybridized carbons (Fsp3) is 0.588. The normalized spacial score (nSPS) is 20.3. The molecule has 1 aliphatic carbocycles. The summed E-state index contributed by atoms with van der Waals surface area (Å²) in [7, 11) is -3.49. The first-order valence-corrected chi connectivity index (χ1v) is 9.70. The van der Waals surface area contributed by atoms with Gasteiger partial charge in [-0.2, -0.15) is 4.31 Å². The monoisotopic (exact) mass is 336 g/mol. The minimum absolute atomic E-state index is 0.192. The molecule has 1 amide bonds. The molecule has 23 heavy (non-hydrogen) atoms. The lowest BCUT2D eigenvalue weighted by Crippen LogP contribution is -2.38. The molecule has 6 heteroatoms. The van der Waals surface area contributed by atoms with Gasteiger partial charge in [0.05, 0.1) is 4.90 Å². The molecule has 1 heterocycles. The number of nitrogens with zero attached hydrogens (tertiary/aromatic N) is 2. The predicted molar refractivity (Wildman–Crippen MR) is 88.6 cm³/mol. The highest BCUT2D eigenvalue weighted by Crippen LogP contribution is 2.31. The fourth-order valence-electron chi connectivity index (χ4n) is 3.17. The van der Waals surface area contributed by atoms with Crippen molar-refractivity contribution in [2.24, 2.45) is 5.92 Å². The molecule has 0 spiro atoms. The number of benzene rings is 1. The Morgan fingerprint density at radius 3 is 2.48 bits per heavy atom. The fourth-order valence-corrected chi connectivity index (χ4v) is 4.85. The smallest absolute Gasteiger partial charge is 0.243 e. The van der Waals surface area contributed by atoms with Crippen LogP contribution in [0, 0.1) is 19.8 Å². The molecule has 1 aromatic carbocycles. The summed E-state index contributed by atoms with van der Waals surface area (Å²) in [6, 6.07) is 5.42. The molecule has 0 N–H and O–H groups in total. The zero-order valence-corrected chi connectivity index (χ0v) is 14.6.